The second-order valence-electron chi connectivity index (χ2n) is 5.92. The molecule has 1 aliphatic rings. The monoisotopic (exact) mass is 169 g/mol. The minimum absolute atomic E-state index is 0.340. The van der Waals surface area contributed by atoms with Crippen LogP contribution in [0.5, 0.6) is 0 Å². The maximum atomic E-state index is 3.64. The average Bonchev–Trinajstić information content (AvgIpc) is 1.87. The lowest BCUT2D eigenvalue weighted by Gasteiger charge is -2.27. The Morgan fingerprint density at radius 2 is 1.67 bits per heavy atom. The first-order chi connectivity index (χ1) is 5.31. The van der Waals surface area contributed by atoms with Gasteiger partial charge in [0.25, 0.3) is 0 Å². The molecule has 1 atom stereocenters. The van der Waals surface area contributed by atoms with E-state index < -0.39 is 0 Å². The summed E-state index contributed by atoms with van der Waals surface area (Å²) in [6.45, 7) is 12.9. The third-order valence-electron chi connectivity index (χ3n) is 2.81. The summed E-state index contributed by atoms with van der Waals surface area (Å²) >= 11 is 0. The van der Waals surface area contributed by atoms with Crippen molar-refractivity contribution in [2.24, 2.45) is 11.3 Å². The summed E-state index contributed by atoms with van der Waals surface area (Å²) in [6.07, 6.45) is 2.65. The predicted molar refractivity (Wildman–Crippen MR) is 54.3 cm³/mol. The maximum Gasteiger partial charge on any atom is 0.0127 e. The SMILES string of the molecule is CC1CC(C)(C)CNC(C)(C)C1. The molecule has 0 radical (unpaired) electrons. The Hall–Kier alpha value is -0.0400. The standard InChI is InChI=1S/C11H23N/c1-9-6-10(2,3)8-12-11(4,5)7-9/h9,12H,6-8H2,1-5H3. The molecular weight excluding hydrogens is 146 g/mol. The Bertz CT molecular complexity index is 140. The summed E-state index contributed by atoms with van der Waals surface area (Å²) in [7, 11) is 0. The lowest BCUT2D eigenvalue weighted by atomic mass is 9.82. The lowest BCUT2D eigenvalue weighted by Crippen LogP contribution is -2.41. The third-order valence-corrected chi connectivity index (χ3v) is 2.81. The molecule has 0 aliphatic carbocycles. The highest BCUT2D eigenvalue weighted by atomic mass is 15.0. The van der Waals surface area contributed by atoms with Crippen LogP contribution in [-0.2, 0) is 0 Å². The Labute approximate surface area is 76.9 Å². The van der Waals surface area contributed by atoms with Crippen molar-refractivity contribution in [3.63, 3.8) is 0 Å². The maximum absolute atomic E-state index is 3.64. The molecule has 1 N–H and O–H groups in total. The molecule has 0 saturated carbocycles. The van der Waals surface area contributed by atoms with Crippen molar-refractivity contribution >= 4 is 0 Å². The van der Waals surface area contributed by atoms with Gasteiger partial charge in [-0.1, -0.05) is 20.8 Å². The molecule has 0 aromatic rings. The molecule has 1 rings (SSSR count). The lowest BCUT2D eigenvalue weighted by molar-refractivity contribution is 0.295. The molecule has 1 heteroatoms. The molecule has 1 fully saturated rings. The third kappa shape index (κ3) is 2.78. The van der Waals surface area contributed by atoms with Crippen molar-refractivity contribution in [2.75, 3.05) is 6.54 Å². The van der Waals surface area contributed by atoms with Gasteiger partial charge in [0.15, 0.2) is 0 Å². The van der Waals surface area contributed by atoms with Crippen LogP contribution < -0.4 is 5.32 Å². The zero-order chi connectivity index (χ0) is 9.41. The van der Waals surface area contributed by atoms with E-state index in [4.69, 9.17) is 0 Å². The van der Waals surface area contributed by atoms with Crippen molar-refractivity contribution in [3.8, 4) is 0 Å². The van der Waals surface area contributed by atoms with Crippen LogP contribution in [0.25, 0.3) is 0 Å². The van der Waals surface area contributed by atoms with E-state index in [0.29, 0.717) is 11.0 Å². The van der Waals surface area contributed by atoms with Crippen molar-refractivity contribution in [2.45, 2.75) is 53.0 Å². The van der Waals surface area contributed by atoms with Crippen molar-refractivity contribution in [1.82, 2.24) is 5.32 Å². The van der Waals surface area contributed by atoms with E-state index in [1.54, 1.807) is 0 Å². The topological polar surface area (TPSA) is 12.0 Å². The molecule has 12 heavy (non-hydrogen) atoms. The van der Waals surface area contributed by atoms with E-state index in [-0.39, 0.29) is 0 Å². The van der Waals surface area contributed by atoms with Crippen molar-refractivity contribution in [3.05, 3.63) is 0 Å². The number of nitrogens with one attached hydrogen (secondary N) is 1. The smallest absolute Gasteiger partial charge is 0.0127 e. The average molecular weight is 169 g/mol. The van der Waals surface area contributed by atoms with E-state index in [2.05, 4.69) is 39.9 Å². The summed E-state index contributed by atoms with van der Waals surface area (Å²) in [5.41, 5.74) is 0.820. The van der Waals surface area contributed by atoms with Gasteiger partial charge in [0.1, 0.15) is 0 Å². The van der Waals surface area contributed by atoms with Gasteiger partial charge in [0.2, 0.25) is 0 Å². The highest BCUT2D eigenvalue weighted by Crippen LogP contribution is 2.33. The Balaban J connectivity index is 2.66. The minimum atomic E-state index is 0.340. The molecule has 0 spiro atoms. The summed E-state index contributed by atoms with van der Waals surface area (Å²) < 4.78 is 0. The van der Waals surface area contributed by atoms with E-state index >= 15 is 0 Å². The molecule has 1 nitrogen and oxygen atoms in total. The largest absolute Gasteiger partial charge is 0.311 e. The first-order valence-electron chi connectivity index (χ1n) is 5.06. The van der Waals surface area contributed by atoms with Crippen LogP contribution in [0.3, 0.4) is 0 Å². The van der Waals surface area contributed by atoms with Gasteiger partial charge in [-0.3, -0.25) is 0 Å². The number of hydrogen-bond donors (Lipinski definition) is 1. The van der Waals surface area contributed by atoms with Crippen LogP contribution in [0.2, 0.25) is 0 Å². The van der Waals surface area contributed by atoms with Gasteiger partial charge in [-0.2, -0.15) is 0 Å². The fraction of sp³-hybridized carbons (Fsp3) is 1.00. The molecule has 0 aromatic heterocycles. The molecule has 0 bridgehead atoms. The van der Waals surface area contributed by atoms with E-state index in [9.17, 15) is 0 Å². The summed E-state index contributed by atoms with van der Waals surface area (Å²) in [5.74, 6) is 0.852. The van der Waals surface area contributed by atoms with Crippen molar-refractivity contribution < 1.29 is 0 Å². The van der Waals surface area contributed by atoms with Crippen LogP contribution in [0.4, 0.5) is 0 Å². The first-order valence-corrected chi connectivity index (χ1v) is 5.06. The van der Waals surface area contributed by atoms with Crippen molar-refractivity contribution in [1.29, 1.82) is 0 Å². The van der Waals surface area contributed by atoms with Gasteiger partial charge < -0.3 is 5.32 Å². The highest BCUT2D eigenvalue weighted by molar-refractivity contribution is 4.88. The Morgan fingerprint density at radius 1 is 1.08 bits per heavy atom. The fourth-order valence-corrected chi connectivity index (χ4v) is 2.51. The molecule has 1 unspecified atom stereocenters. The number of rotatable bonds is 0. The number of hydrogen-bond acceptors (Lipinski definition) is 1. The Kier molecular flexibility index (Phi) is 2.53. The molecule has 72 valence electrons. The summed E-state index contributed by atoms with van der Waals surface area (Å²) in [5, 5.41) is 3.64. The van der Waals surface area contributed by atoms with Crippen LogP contribution in [0.15, 0.2) is 0 Å². The van der Waals surface area contributed by atoms with E-state index in [1.165, 1.54) is 12.8 Å². The van der Waals surface area contributed by atoms with Gasteiger partial charge >= 0.3 is 0 Å². The highest BCUT2D eigenvalue weighted by Gasteiger charge is 2.31. The molecule has 0 amide bonds. The van der Waals surface area contributed by atoms with Crippen LogP contribution >= 0.6 is 0 Å². The zero-order valence-electron chi connectivity index (χ0n) is 9.20. The molecular formula is C11H23N. The summed E-state index contributed by atoms with van der Waals surface area (Å²) in [6, 6.07) is 0. The predicted octanol–water partition coefficient (Wildman–Crippen LogP) is 2.81. The second-order valence-corrected chi connectivity index (χ2v) is 5.92. The normalized spacial score (nSPS) is 34.2. The fourth-order valence-electron chi connectivity index (χ4n) is 2.51. The van der Waals surface area contributed by atoms with E-state index in [0.717, 1.165) is 12.5 Å². The minimum Gasteiger partial charge on any atom is -0.311 e. The van der Waals surface area contributed by atoms with Gasteiger partial charge in [-0.25, -0.2) is 0 Å². The molecule has 1 saturated heterocycles. The van der Waals surface area contributed by atoms with Crippen LogP contribution in [0.1, 0.15) is 47.5 Å². The molecule has 1 heterocycles. The van der Waals surface area contributed by atoms with Gasteiger partial charge in [0.05, 0.1) is 0 Å². The quantitative estimate of drug-likeness (QED) is 0.588. The first kappa shape index (κ1) is 10.0. The second kappa shape index (κ2) is 3.02. The Morgan fingerprint density at radius 3 is 2.25 bits per heavy atom. The van der Waals surface area contributed by atoms with Gasteiger partial charge in [-0.05, 0) is 38.0 Å². The summed E-state index contributed by atoms with van der Waals surface area (Å²) in [4.78, 5) is 0. The van der Waals surface area contributed by atoms with Gasteiger partial charge in [0, 0.05) is 12.1 Å². The zero-order valence-corrected chi connectivity index (χ0v) is 9.20. The molecule has 0 aromatic carbocycles. The van der Waals surface area contributed by atoms with Crippen LogP contribution in [-0.4, -0.2) is 12.1 Å². The molecule has 1 aliphatic heterocycles. The van der Waals surface area contributed by atoms with Gasteiger partial charge in [-0.15, -0.1) is 0 Å². The van der Waals surface area contributed by atoms with Crippen LogP contribution in [0, 0.1) is 11.3 Å². The van der Waals surface area contributed by atoms with E-state index in [1.807, 2.05) is 0 Å².